The van der Waals surface area contributed by atoms with Crippen LogP contribution in [-0.4, -0.2) is 26.9 Å². The topological polar surface area (TPSA) is 52.3 Å². The minimum absolute atomic E-state index is 0.717. The molecule has 0 atom stereocenters. The fraction of sp³-hybridized carbons (Fsp3) is 0.118. The van der Waals surface area contributed by atoms with Gasteiger partial charge in [-0.1, -0.05) is 47.2 Å². The van der Waals surface area contributed by atoms with Crippen LogP contribution in [0.15, 0.2) is 48.5 Å². The van der Waals surface area contributed by atoms with Gasteiger partial charge in [-0.15, -0.1) is 10.2 Å². The zero-order valence-corrected chi connectivity index (χ0v) is 13.5. The molecule has 4 rings (SSSR count). The van der Waals surface area contributed by atoms with Gasteiger partial charge in [0.2, 0.25) is 4.96 Å². The van der Waals surface area contributed by atoms with Crippen molar-refractivity contribution >= 4 is 16.3 Å². The summed E-state index contributed by atoms with van der Waals surface area (Å²) in [6, 6.07) is 16.0. The van der Waals surface area contributed by atoms with E-state index in [1.54, 1.807) is 11.6 Å². The molecule has 0 aliphatic rings. The molecule has 2 aromatic carbocycles. The Bertz CT molecular complexity index is 989. The Morgan fingerprint density at radius 1 is 1.00 bits per heavy atom. The molecule has 23 heavy (non-hydrogen) atoms. The molecule has 0 saturated carbocycles. The van der Waals surface area contributed by atoms with Crippen LogP contribution in [0.1, 0.15) is 5.56 Å². The highest BCUT2D eigenvalue weighted by atomic mass is 32.1. The number of hydrogen-bond acceptors (Lipinski definition) is 5. The van der Waals surface area contributed by atoms with Crippen molar-refractivity contribution < 1.29 is 4.74 Å². The van der Waals surface area contributed by atoms with Crippen molar-refractivity contribution in [2.45, 2.75) is 6.92 Å². The summed E-state index contributed by atoms with van der Waals surface area (Å²) in [5.74, 6) is 1.50. The van der Waals surface area contributed by atoms with Gasteiger partial charge in [-0.05, 0) is 25.1 Å². The molecule has 5 nitrogen and oxygen atoms in total. The van der Waals surface area contributed by atoms with Gasteiger partial charge in [0.15, 0.2) is 5.82 Å². The van der Waals surface area contributed by atoms with E-state index in [9.17, 15) is 0 Å². The number of aryl methyl sites for hydroxylation is 1. The molecule has 0 unspecified atom stereocenters. The number of aromatic nitrogens is 4. The predicted molar refractivity (Wildman–Crippen MR) is 90.8 cm³/mol. The van der Waals surface area contributed by atoms with Crippen LogP contribution in [-0.2, 0) is 0 Å². The molecule has 0 aliphatic carbocycles. The first-order chi connectivity index (χ1) is 11.2. The van der Waals surface area contributed by atoms with Gasteiger partial charge in [0.05, 0.1) is 7.11 Å². The third kappa shape index (κ3) is 2.47. The molecule has 0 aliphatic heterocycles. The highest BCUT2D eigenvalue weighted by molar-refractivity contribution is 7.19. The molecule has 0 amide bonds. The van der Waals surface area contributed by atoms with Gasteiger partial charge in [0.25, 0.3) is 0 Å². The number of benzene rings is 2. The Morgan fingerprint density at radius 3 is 2.65 bits per heavy atom. The van der Waals surface area contributed by atoms with E-state index in [-0.39, 0.29) is 0 Å². The normalized spacial score (nSPS) is 11.0. The number of fused-ring (bicyclic) bond motifs is 1. The van der Waals surface area contributed by atoms with E-state index in [2.05, 4.69) is 40.4 Å². The lowest BCUT2D eigenvalue weighted by atomic mass is 10.1. The quantitative estimate of drug-likeness (QED) is 0.575. The van der Waals surface area contributed by atoms with E-state index in [0.717, 1.165) is 26.8 Å². The molecular weight excluding hydrogens is 308 g/mol. The van der Waals surface area contributed by atoms with Crippen molar-refractivity contribution in [2.75, 3.05) is 7.11 Å². The lowest BCUT2D eigenvalue weighted by molar-refractivity contribution is 0.415. The average molecular weight is 322 g/mol. The zero-order valence-electron chi connectivity index (χ0n) is 12.7. The standard InChI is InChI=1S/C17H14N4OS/c1-11-5-3-7-13(9-11)16-20-21-15(18-19-17(21)23-16)12-6-4-8-14(10-12)22-2/h3-10H,1-2H3. The third-order valence-electron chi connectivity index (χ3n) is 3.58. The number of rotatable bonds is 3. The van der Waals surface area contributed by atoms with Gasteiger partial charge in [0, 0.05) is 11.1 Å². The average Bonchev–Trinajstić information content (AvgIpc) is 3.15. The SMILES string of the molecule is COc1cccc(-c2nnc3sc(-c4cccc(C)c4)nn23)c1. The lowest BCUT2D eigenvalue weighted by Gasteiger charge is -2.01. The lowest BCUT2D eigenvalue weighted by Crippen LogP contribution is -1.92. The maximum absolute atomic E-state index is 5.28. The van der Waals surface area contributed by atoms with Crippen LogP contribution in [0.3, 0.4) is 0 Å². The molecule has 2 aromatic heterocycles. The van der Waals surface area contributed by atoms with Crippen molar-refractivity contribution in [3.8, 4) is 27.7 Å². The van der Waals surface area contributed by atoms with E-state index >= 15 is 0 Å². The Kier molecular flexibility index (Phi) is 3.31. The second-order valence-corrected chi connectivity index (χ2v) is 6.18. The van der Waals surface area contributed by atoms with Crippen molar-refractivity contribution in [3.05, 3.63) is 54.1 Å². The first-order valence-corrected chi connectivity index (χ1v) is 8.00. The first kappa shape index (κ1) is 13.9. The van der Waals surface area contributed by atoms with Crippen molar-refractivity contribution in [1.82, 2.24) is 19.8 Å². The molecule has 0 bridgehead atoms. The van der Waals surface area contributed by atoms with Gasteiger partial charge in [-0.2, -0.15) is 9.61 Å². The van der Waals surface area contributed by atoms with Crippen LogP contribution in [0.4, 0.5) is 0 Å². The molecule has 0 radical (unpaired) electrons. The summed E-state index contributed by atoms with van der Waals surface area (Å²) >= 11 is 1.53. The maximum atomic E-state index is 5.28. The highest BCUT2D eigenvalue weighted by Crippen LogP contribution is 2.29. The molecule has 0 spiro atoms. The summed E-state index contributed by atoms with van der Waals surface area (Å²) in [7, 11) is 1.65. The van der Waals surface area contributed by atoms with E-state index < -0.39 is 0 Å². The third-order valence-corrected chi connectivity index (χ3v) is 4.53. The van der Waals surface area contributed by atoms with Gasteiger partial charge < -0.3 is 4.74 Å². The second-order valence-electron chi connectivity index (χ2n) is 5.23. The molecule has 114 valence electrons. The van der Waals surface area contributed by atoms with Crippen molar-refractivity contribution in [2.24, 2.45) is 0 Å². The Balaban J connectivity index is 1.83. The minimum Gasteiger partial charge on any atom is -0.497 e. The smallest absolute Gasteiger partial charge is 0.235 e. The predicted octanol–water partition coefficient (Wildman–Crippen LogP) is 3.84. The summed E-state index contributed by atoms with van der Waals surface area (Å²) in [5, 5.41) is 14.1. The van der Waals surface area contributed by atoms with Crippen LogP contribution in [0.2, 0.25) is 0 Å². The van der Waals surface area contributed by atoms with Crippen LogP contribution in [0, 0.1) is 6.92 Å². The molecule has 0 fully saturated rings. The summed E-state index contributed by atoms with van der Waals surface area (Å²) < 4.78 is 7.07. The molecular formula is C17H14N4OS. The van der Waals surface area contributed by atoms with Crippen LogP contribution in [0.25, 0.3) is 26.9 Å². The van der Waals surface area contributed by atoms with Crippen LogP contribution < -0.4 is 4.74 Å². The van der Waals surface area contributed by atoms with Crippen molar-refractivity contribution in [1.29, 1.82) is 0 Å². The molecule has 6 heteroatoms. The second kappa shape index (κ2) is 5.48. The van der Waals surface area contributed by atoms with E-state index in [0.29, 0.717) is 5.82 Å². The number of methoxy groups -OCH3 is 1. The van der Waals surface area contributed by atoms with Gasteiger partial charge >= 0.3 is 0 Å². The zero-order chi connectivity index (χ0) is 15.8. The molecule has 0 saturated heterocycles. The Hall–Kier alpha value is -2.73. The maximum Gasteiger partial charge on any atom is 0.235 e. The van der Waals surface area contributed by atoms with Gasteiger partial charge in [0.1, 0.15) is 10.8 Å². The Morgan fingerprint density at radius 2 is 1.83 bits per heavy atom. The van der Waals surface area contributed by atoms with E-state index in [4.69, 9.17) is 4.74 Å². The minimum atomic E-state index is 0.717. The number of hydrogen-bond donors (Lipinski definition) is 0. The fourth-order valence-electron chi connectivity index (χ4n) is 2.45. The summed E-state index contributed by atoms with van der Waals surface area (Å²) in [5.41, 5.74) is 3.23. The van der Waals surface area contributed by atoms with Gasteiger partial charge in [-0.3, -0.25) is 0 Å². The number of nitrogens with zero attached hydrogens (tertiary/aromatic N) is 4. The fourth-order valence-corrected chi connectivity index (χ4v) is 3.29. The summed E-state index contributed by atoms with van der Waals surface area (Å²) in [6.45, 7) is 2.07. The summed E-state index contributed by atoms with van der Waals surface area (Å²) in [4.78, 5) is 0.777. The molecule has 0 N–H and O–H groups in total. The number of ether oxygens (including phenoxy) is 1. The van der Waals surface area contributed by atoms with Crippen molar-refractivity contribution in [3.63, 3.8) is 0 Å². The largest absolute Gasteiger partial charge is 0.497 e. The van der Waals surface area contributed by atoms with Crippen LogP contribution >= 0.6 is 11.3 Å². The van der Waals surface area contributed by atoms with Gasteiger partial charge in [-0.25, -0.2) is 0 Å². The molecule has 4 aromatic rings. The first-order valence-electron chi connectivity index (χ1n) is 7.18. The van der Waals surface area contributed by atoms with E-state index in [1.165, 1.54) is 16.9 Å². The summed E-state index contributed by atoms with van der Waals surface area (Å²) in [6.07, 6.45) is 0. The monoisotopic (exact) mass is 322 g/mol. The van der Waals surface area contributed by atoms with E-state index in [1.807, 2.05) is 30.3 Å². The highest BCUT2D eigenvalue weighted by Gasteiger charge is 2.14. The Labute approximate surface area is 137 Å². The van der Waals surface area contributed by atoms with Crippen LogP contribution in [0.5, 0.6) is 5.75 Å². The molecule has 2 heterocycles.